The average molecular weight is 388 g/mol. The molecule has 0 fully saturated rings. The van der Waals surface area contributed by atoms with Crippen molar-refractivity contribution in [2.75, 3.05) is 5.32 Å². The second-order valence-corrected chi connectivity index (χ2v) is 8.12. The third kappa shape index (κ3) is 3.45. The van der Waals surface area contributed by atoms with Gasteiger partial charge < -0.3 is 10.1 Å². The van der Waals surface area contributed by atoms with Crippen LogP contribution in [0.2, 0.25) is 0 Å². The number of rotatable bonds is 5. The molecule has 0 atom stereocenters. The smallest absolute Gasteiger partial charge is 0.142 e. The number of aromatic nitrogens is 2. The van der Waals surface area contributed by atoms with Crippen molar-refractivity contribution >= 4 is 33.1 Å². The van der Waals surface area contributed by atoms with Gasteiger partial charge in [-0.05, 0) is 61.1 Å². The Balaban J connectivity index is 1.34. The molecule has 140 valence electrons. The van der Waals surface area contributed by atoms with Crippen molar-refractivity contribution in [3.63, 3.8) is 0 Å². The van der Waals surface area contributed by atoms with Gasteiger partial charge in [-0.25, -0.2) is 9.97 Å². The molecular formula is C23H21N3OS. The van der Waals surface area contributed by atoms with Gasteiger partial charge in [-0.15, -0.1) is 11.3 Å². The van der Waals surface area contributed by atoms with E-state index >= 15 is 0 Å². The summed E-state index contributed by atoms with van der Waals surface area (Å²) in [6.45, 7) is 0.571. The van der Waals surface area contributed by atoms with E-state index in [9.17, 15) is 0 Å². The van der Waals surface area contributed by atoms with E-state index in [1.165, 1.54) is 35.1 Å². The van der Waals surface area contributed by atoms with Crippen LogP contribution < -0.4 is 10.1 Å². The molecule has 28 heavy (non-hydrogen) atoms. The molecule has 1 N–H and O–H groups in total. The maximum atomic E-state index is 5.88. The van der Waals surface area contributed by atoms with Crippen molar-refractivity contribution in [3.8, 4) is 5.75 Å². The summed E-state index contributed by atoms with van der Waals surface area (Å²) >= 11 is 1.82. The van der Waals surface area contributed by atoms with Gasteiger partial charge in [0.1, 0.15) is 29.3 Å². The van der Waals surface area contributed by atoms with E-state index in [0.717, 1.165) is 34.1 Å². The maximum absolute atomic E-state index is 5.88. The maximum Gasteiger partial charge on any atom is 0.142 e. The van der Waals surface area contributed by atoms with Crippen molar-refractivity contribution in [2.24, 2.45) is 0 Å². The number of aryl methyl sites for hydroxylation is 2. The molecule has 0 spiro atoms. The SMILES string of the molecule is c1ccc(COc2ccc(Nc3ncnc4sc5c(c34)CCCC5)cc2)cc1. The van der Waals surface area contributed by atoms with E-state index in [1.807, 2.05) is 53.8 Å². The molecule has 2 aromatic carbocycles. The van der Waals surface area contributed by atoms with Crippen LogP contribution in [-0.2, 0) is 19.4 Å². The third-order valence-corrected chi connectivity index (χ3v) is 6.32. The van der Waals surface area contributed by atoms with Crippen molar-refractivity contribution in [1.29, 1.82) is 0 Å². The van der Waals surface area contributed by atoms with Gasteiger partial charge in [0.05, 0.1) is 5.39 Å². The van der Waals surface area contributed by atoms with Crippen LogP contribution in [0.3, 0.4) is 0 Å². The van der Waals surface area contributed by atoms with Crippen molar-refractivity contribution in [2.45, 2.75) is 32.3 Å². The van der Waals surface area contributed by atoms with Gasteiger partial charge in [0.25, 0.3) is 0 Å². The molecule has 5 rings (SSSR count). The van der Waals surface area contributed by atoms with Gasteiger partial charge in [0.2, 0.25) is 0 Å². The fourth-order valence-corrected chi connectivity index (χ4v) is 4.93. The Morgan fingerprint density at radius 2 is 1.75 bits per heavy atom. The predicted octanol–water partition coefficient (Wildman–Crippen LogP) is 5.89. The van der Waals surface area contributed by atoms with Gasteiger partial charge in [-0.3, -0.25) is 0 Å². The lowest BCUT2D eigenvalue weighted by Gasteiger charge is -2.13. The van der Waals surface area contributed by atoms with Crippen molar-refractivity contribution < 1.29 is 4.74 Å². The summed E-state index contributed by atoms with van der Waals surface area (Å²) in [6.07, 6.45) is 6.48. The van der Waals surface area contributed by atoms with Gasteiger partial charge in [0, 0.05) is 10.6 Å². The molecule has 0 amide bonds. The topological polar surface area (TPSA) is 47.0 Å². The van der Waals surface area contributed by atoms with E-state index < -0.39 is 0 Å². The highest BCUT2D eigenvalue weighted by atomic mass is 32.1. The summed E-state index contributed by atoms with van der Waals surface area (Å²) in [5, 5.41) is 4.68. The molecule has 1 aliphatic rings. The normalized spacial score (nSPS) is 13.3. The fourth-order valence-electron chi connectivity index (χ4n) is 3.70. The van der Waals surface area contributed by atoms with Crippen LogP contribution in [0.1, 0.15) is 28.8 Å². The molecule has 2 heterocycles. The lowest BCUT2D eigenvalue weighted by atomic mass is 9.97. The Morgan fingerprint density at radius 1 is 0.929 bits per heavy atom. The predicted molar refractivity (Wildman–Crippen MR) is 115 cm³/mol. The number of anilines is 2. The molecule has 0 aliphatic heterocycles. The van der Waals surface area contributed by atoms with E-state index in [-0.39, 0.29) is 0 Å². The highest BCUT2D eigenvalue weighted by Gasteiger charge is 2.19. The third-order valence-electron chi connectivity index (χ3n) is 5.12. The van der Waals surface area contributed by atoms with Crippen molar-refractivity contribution in [1.82, 2.24) is 9.97 Å². The first-order valence-corrected chi connectivity index (χ1v) is 10.5. The molecule has 1 aliphatic carbocycles. The van der Waals surface area contributed by atoms with Crippen LogP contribution in [-0.4, -0.2) is 9.97 Å². The first kappa shape index (κ1) is 17.2. The molecule has 0 saturated heterocycles. The Morgan fingerprint density at radius 3 is 2.61 bits per heavy atom. The zero-order valence-electron chi connectivity index (χ0n) is 15.5. The lowest BCUT2D eigenvalue weighted by molar-refractivity contribution is 0.306. The van der Waals surface area contributed by atoms with Crippen LogP contribution in [0.5, 0.6) is 5.75 Å². The van der Waals surface area contributed by atoms with Crippen LogP contribution in [0.15, 0.2) is 60.9 Å². The molecule has 0 saturated carbocycles. The first-order valence-electron chi connectivity index (χ1n) is 9.66. The standard InChI is InChI=1S/C23H21N3OS/c1-2-6-16(7-3-1)14-27-18-12-10-17(11-13-18)26-22-21-19-8-4-5-9-20(19)28-23(21)25-15-24-22/h1-3,6-7,10-13,15H,4-5,8-9,14H2,(H,24,25,26). The van der Waals surface area contributed by atoms with Crippen LogP contribution in [0, 0.1) is 0 Å². The number of thiophene rings is 1. The van der Waals surface area contributed by atoms with Gasteiger partial charge in [-0.2, -0.15) is 0 Å². The second kappa shape index (κ2) is 7.60. The highest BCUT2D eigenvalue weighted by molar-refractivity contribution is 7.19. The zero-order chi connectivity index (χ0) is 18.8. The summed E-state index contributed by atoms with van der Waals surface area (Å²) in [7, 11) is 0. The molecule has 4 nitrogen and oxygen atoms in total. The average Bonchev–Trinajstić information content (AvgIpc) is 3.14. The van der Waals surface area contributed by atoms with Crippen LogP contribution >= 0.6 is 11.3 Å². The summed E-state index contributed by atoms with van der Waals surface area (Å²) in [5.41, 5.74) is 3.61. The van der Waals surface area contributed by atoms with Gasteiger partial charge >= 0.3 is 0 Å². The molecule has 4 aromatic rings. The minimum absolute atomic E-state index is 0.571. The lowest BCUT2D eigenvalue weighted by Crippen LogP contribution is -2.01. The Labute approximate surface area is 168 Å². The summed E-state index contributed by atoms with van der Waals surface area (Å²) in [4.78, 5) is 11.6. The van der Waals surface area contributed by atoms with Crippen LogP contribution in [0.4, 0.5) is 11.5 Å². The van der Waals surface area contributed by atoms with E-state index in [0.29, 0.717) is 6.61 Å². The zero-order valence-corrected chi connectivity index (χ0v) is 16.3. The molecule has 0 bridgehead atoms. The minimum Gasteiger partial charge on any atom is -0.489 e. The van der Waals surface area contributed by atoms with Crippen LogP contribution in [0.25, 0.3) is 10.2 Å². The molecule has 2 aromatic heterocycles. The molecule has 0 unspecified atom stereocenters. The first-order chi connectivity index (χ1) is 13.9. The monoisotopic (exact) mass is 387 g/mol. The minimum atomic E-state index is 0.571. The van der Waals surface area contributed by atoms with E-state index in [4.69, 9.17) is 4.74 Å². The number of hydrogen-bond acceptors (Lipinski definition) is 5. The number of nitrogens with one attached hydrogen (secondary N) is 1. The summed E-state index contributed by atoms with van der Waals surface area (Å²) in [5.74, 6) is 1.76. The number of hydrogen-bond donors (Lipinski definition) is 1. The molecule has 5 heteroatoms. The largest absolute Gasteiger partial charge is 0.489 e. The van der Waals surface area contributed by atoms with E-state index in [2.05, 4.69) is 27.4 Å². The Kier molecular flexibility index (Phi) is 4.67. The Hall–Kier alpha value is -2.92. The molecular weight excluding hydrogens is 366 g/mol. The number of ether oxygens (including phenoxy) is 1. The number of nitrogens with zero attached hydrogens (tertiary/aromatic N) is 2. The van der Waals surface area contributed by atoms with Gasteiger partial charge in [0.15, 0.2) is 0 Å². The summed E-state index contributed by atoms with van der Waals surface area (Å²) < 4.78 is 5.88. The van der Waals surface area contributed by atoms with Crippen molar-refractivity contribution in [3.05, 3.63) is 76.9 Å². The molecule has 0 radical (unpaired) electrons. The fraction of sp³-hybridized carbons (Fsp3) is 0.217. The van der Waals surface area contributed by atoms with Gasteiger partial charge in [-0.1, -0.05) is 30.3 Å². The highest BCUT2D eigenvalue weighted by Crippen LogP contribution is 2.38. The number of fused-ring (bicyclic) bond motifs is 3. The summed E-state index contributed by atoms with van der Waals surface area (Å²) in [6, 6.07) is 18.3. The number of benzene rings is 2. The second-order valence-electron chi connectivity index (χ2n) is 7.04. The Bertz CT molecular complexity index is 1090. The quantitative estimate of drug-likeness (QED) is 0.464. The van der Waals surface area contributed by atoms with E-state index in [1.54, 1.807) is 6.33 Å².